The number of aliphatic hydroxyl groups is 1. The van der Waals surface area contributed by atoms with Gasteiger partial charge in [0.15, 0.2) is 0 Å². The van der Waals surface area contributed by atoms with Gasteiger partial charge < -0.3 is 14.6 Å². The Balaban J connectivity index is 1.86. The van der Waals surface area contributed by atoms with E-state index in [1.807, 2.05) is 18.2 Å². The molecule has 1 unspecified atom stereocenters. The number of aliphatic hydroxyl groups excluding tert-OH is 1. The largest absolute Gasteiger partial charge is 0.488 e. The maximum absolute atomic E-state index is 9.06. The molecule has 0 aliphatic carbocycles. The summed E-state index contributed by atoms with van der Waals surface area (Å²) in [6, 6.07) is 8.17. The molecule has 0 aromatic heterocycles. The Labute approximate surface area is 108 Å². The van der Waals surface area contributed by atoms with Gasteiger partial charge in [0.05, 0.1) is 13.2 Å². The third kappa shape index (κ3) is 3.45. The summed E-state index contributed by atoms with van der Waals surface area (Å²) in [6.07, 6.45) is 1.14. The quantitative estimate of drug-likeness (QED) is 0.783. The van der Waals surface area contributed by atoms with Crippen molar-refractivity contribution in [1.82, 2.24) is 4.90 Å². The molecule has 1 aliphatic heterocycles. The van der Waals surface area contributed by atoms with Crippen molar-refractivity contribution in [2.45, 2.75) is 12.5 Å². The first-order valence-corrected chi connectivity index (χ1v) is 6.40. The minimum absolute atomic E-state index is 0.170. The monoisotopic (exact) mass is 251 g/mol. The minimum atomic E-state index is 0.170. The van der Waals surface area contributed by atoms with E-state index >= 15 is 0 Å². The summed E-state index contributed by atoms with van der Waals surface area (Å²) in [5.74, 6) is 0.998. The van der Waals surface area contributed by atoms with E-state index in [-0.39, 0.29) is 12.7 Å². The lowest BCUT2D eigenvalue weighted by atomic mass is 10.1. The second-order valence-corrected chi connectivity index (χ2v) is 4.57. The standard InChI is InChI=1S/C14H21NO3/c1-17-9-7-15(6-8-16)11-13-10-12-4-2-3-5-14(12)18-13/h2-5,13,16H,6-11H2,1H3. The third-order valence-corrected chi connectivity index (χ3v) is 3.20. The summed E-state index contributed by atoms with van der Waals surface area (Å²) in [4.78, 5) is 2.18. The second-order valence-electron chi connectivity index (χ2n) is 4.57. The fraction of sp³-hybridized carbons (Fsp3) is 0.571. The van der Waals surface area contributed by atoms with Crippen LogP contribution in [0.25, 0.3) is 0 Å². The average molecular weight is 251 g/mol. The molecular formula is C14H21NO3. The van der Waals surface area contributed by atoms with Crippen LogP contribution in [0.5, 0.6) is 5.75 Å². The van der Waals surface area contributed by atoms with E-state index < -0.39 is 0 Å². The van der Waals surface area contributed by atoms with Crippen molar-refractivity contribution in [2.75, 3.05) is 40.0 Å². The van der Waals surface area contributed by atoms with E-state index in [1.54, 1.807) is 7.11 Å². The molecule has 0 fully saturated rings. The van der Waals surface area contributed by atoms with Gasteiger partial charge in [-0.05, 0) is 11.6 Å². The molecule has 1 aromatic carbocycles. The van der Waals surface area contributed by atoms with Gasteiger partial charge in [0, 0.05) is 33.2 Å². The van der Waals surface area contributed by atoms with Crippen molar-refractivity contribution in [2.24, 2.45) is 0 Å². The SMILES string of the molecule is COCCN(CCO)CC1Cc2ccccc2O1. The van der Waals surface area contributed by atoms with Crippen LogP contribution in [0.2, 0.25) is 0 Å². The average Bonchev–Trinajstić information content (AvgIpc) is 2.78. The van der Waals surface area contributed by atoms with E-state index in [9.17, 15) is 0 Å². The van der Waals surface area contributed by atoms with Gasteiger partial charge in [0.1, 0.15) is 11.9 Å². The number of ether oxygens (including phenoxy) is 2. The number of nitrogens with zero attached hydrogens (tertiary/aromatic N) is 1. The smallest absolute Gasteiger partial charge is 0.123 e. The highest BCUT2D eigenvalue weighted by Gasteiger charge is 2.24. The number of hydrogen-bond acceptors (Lipinski definition) is 4. The Bertz CT molecular complexity index is 345. The zero-order valence-electron chi connectivity index (χ0n) is 10.8. The molecule has 4 nitrogen and oxygen atoms in total. The normalized spacial score (nSPS) is 17.8. The molecule has 4 heteroatoms. The summed E-state index contributed by atoms with van der Waals surface area (Å²) in [5, 5.41) is 9.06. The Hall–Kier alpha value is -1.10. The van der Waals surface area contributed by atoms with Crippen molar-refractivity contribution in [3.05, 3.63) is 29.8 Å². The zero-order chi connectivity index (χ0) is 12.8. The molecule has 0 amide bonds. The van der Waals surface area contributed by atoms with Gasteiger partial charge in [0.25, 0.3) is 0 Å². The molecule has 1 aliphatic rings. The molecule has 1 atom stereocenters. The first kappa shape index (κ1) is 13.3. The first-order chi connectivity index (χ1) is 8.83. The number of fused-ring (bicyclic) bond motifs is 1. The van der Waals surface area contributed by atoms with E-state index in [4.69, 9.17) is 14.6 Å². The summed E-state index contributed by atoms with van der Waals surface area (Å²) in [7, 11) is 1.69. The summed E-state index contributed by atoms with van der Waals surface area (Å²) >= 11 is 0. The molecule has 1 aromatic rings. The van der Waals surface area contributed by atoms with Crippen LogP contribution in [-0.4, -0.2) is 56.1 Å². The number of para-hydroxylation sites is 1. The fourth-order valence-electron chi connectivity index (χ4n) is 2.30. The first-order valence-electron chi connectivity index (χ1n) is 6.40. The van der Waals surface area contributed by atoms with Crippen molar-refractivity contribution in [3.63, 3.8) is 0 Å². The van der Waals surface area contributed by atoms with Gasteiger partial charge in [-0.2, -0.15) is 0 Å². The van der Waals surface area contributed by atoms with Crippen molar-refractivity contribution >= 4 is 0 Å². The number of methoxy groups -OCH3 is 1. The Kier molecular flexibility index (Phi) is 4.99. The van der Waals surface area contributed by atoms with E-state index in [0.717, 1.165) is 25.3 Å². The van der Waals surface area contributed by atoms with Gasteiger partial charge in [-0.25, -0.2) is 0 Å². The topological polar surface area (TPSA) is 41.9 Å². The molecule has 0 saturated carbocycles. The lowest BCUT2D eigenvalue weighted by molar-refractivity contribution is 0.0969. The molecule has 18 heavy (non-hydrogen) atoms. The lowest BCUT2D eigenvalue weighted by Crippen LogP contribution is -2.38. The van der Waals surface area contributed by atoms with Crippen molar-refractivity contribution in [1.29, 1.82) is 0 Å². The third-order valence-electron chi connectivity index (χ3n) is 3.20. The van der Waals surface area contributed by atoms with Crippen LogP contribution in [-0.2, 0) is 11.2 Å². The van der Waals surface area contributed by atoms with E-state index in [1.165, 1.54) is 5.56 Å². The molecule has 2 rings (SSSR count). The molecule has 0 spiro atoms. The van der Waals surface area contributed by atoms with E-state index in [2.05, 4.69) is 11.0 Å². The molecule has 0 saturated heterocycles. The van der Waals surface area contributed by atoms with Crippen LogP contribution in [0.15, 0.2) is 24.3 Å². The molecule has 1 heterocycles. The van der Waals surface area contributed by atoms with Crippen LogP contribution in [0.4, 0.5) is 0 Å². The minimum Gasteiger partial charge on any atom is -0.488 e. The molecule has 100 valence electrons. The van der Waals surface area contributed by atoms with Gasteiger partial charge >= 0.3 is 0 Å². The Morgan fingerprint density at radius 1 is 1.39 bits per heavy atom. The van der Waals surface area contributed by atoms with Gasteiger partial charge in [-0.3, -0.25) is 4.90 Å². The van der Waals surface area contributed by atoms with Crippen LogP contribution in [0, 0.1) is 0 Å². The van der Waals surface area contributed by atoms with Gasteiger partial charge in [-0.15, -0.1) is 0 Å². The second kappa shape index (κ2) is 6.73. The fourth-order valence-corrected chi connectivity index (χ4v) is 2.30. The Morgan fingerprint density at radius 2 is 2.22 bits per heavy atom. The van der Waals surface area contributed by atoms with Crippen molar-refractivity contribution in [3.8, 4) is 5.75 Å². The Morgan fingerprint density at radius 3 is 2.94 bits per heavy atom. The lowest BCUT2D eigenvalue weighted by Gasteiger charge is -2.24. The highest BCUT2D eigenvalue weighted by Crippen LogP contribution is 2.28. The van der Waals surface area contributed by atoms with Gasteiger partial charge in [-0.1, -0.05) is 18.2 Å². The summed E-state index contributed by atoms with van der Waals surface area (Å²) in [6.45, 7) is 3.18. The predicted molar refractivity (Wildman–Crippen MR) is 70.0 cm³/mol. The molecule has 1 N–H and O–H groups in total. The van der Waals surface area contributed by atoms with E-state index in [0.29, 0.717) is 13.2 Å². The molecule has 0 bridgehead atoms. The molecular weight excluding hydrogens is 230 g/mol. The highest BCUT2D eigenvalue weighted by atomic mass is 16.5. The van der Waals surface area contributed by atoms with Crippen LogP contribution in [0.3, 0.4) is 0 Å². The van der Waals surface area contributed by atoms with Crippen LogP contribution in [0.1, 0.15) is 5.56 Å². The number of rotatable bonds is 7. The summed E-state index contributed by atoms with van der Waals surface area (Å²) in [5.41, 5.74) is 1.28. The summed E-state index contributed by atoms with van der Waals surface area (Å²) < 4.78 is 11.0. The number of hydrogen-bond donors (Lipinski definition) is 1. The predicted octanol–water partition coefficient (Wildman–Crippen LogP) is 0.931. The van der Waals surface area contributed by atoms with Crippen LogP contribution < -0.4 is 4.74 Å². The highest BCUT2D eigenvalue weighted by molar-refractivity contribution is 5.37. The maximum atomic E-state index is 9.06. The van der Waals surface area contributed by atoms with Crippen LogP contribution >= 0.6 is 0 Å². The zero-order valence-corrected chi connectivity index (χ0v) is 10.8. The molecule has 0 radical (unpaired) electrons. The van der Waals surface area contributed by atoms with Gasteiger partial charge in [0.2, 0.25) is 0 Å². The maximum Gasteiger partial charge on any atom is 0.123 e. The number of benzene rings is 1. The van der Waals surface area contributed by atoms with Crippen molar-refractivity contribution < 1.29 is 14.6 Å².